The van der Waals surface area contributed by atoms with Gasteiger partial charge in [0, 0.05) is 31.7 Å². The first-order valence-corrected chi connectivity index (χ1v) is 11.1. The van der Waals surface area contributed by atoms with Gasteiger partial charge in [-0.2, -0.15) is 4.31 Å². The first kappa shape index (κ1) is 20.6. The molecule has 0 unspecified atom stereocenters. The van der Waals surface area contributed by atoms with E-state index >= 15 is 0 Å². The van der Waals surface area contributed by atoms with E-state index < -0.39 is 10.0 Å². The Labute approximate surface area is 175 Å². The third kappa shape index (κ3) is 4.28. The normalized spacial score (nSPS) is 16.1. The van der Waals surface area contributed by atoms with Crippen LogP contribution < -0.4 is 0 Å². The van der Waals surface area contributed by atoms with E-state index in [4.69, 9.17) is 4.42 Å². The molecule has 0 bridgehead atoms. The Hall–Kier alpha value is -2.62. The summed E-state index contributed by atoms with van der Waals surface area (Å²) in [6.07, 6.45) is 0. The number of piperazine rings is 1. The lowest BCUT2D eigenvalue weighted by Crippen LogP contribution is -2.48. The van der Waals surface area contributed by atoms with Crippen molar-refractivity contribution in [3.8, 4) is 11.5 Å². The molecule has 0 N–H and O–H groups in total. The molecule has 30 heavy (non-hydrogen) atoms. The van der Waals surface area contributed by atoms with E-state index in [1.54, 1.807) is 18.2 Å². The van der Waals surface area contributed by atoms with Crippen LogP contribution in [-0.4, -0.2) is 54.0 Å². The van der Waals surface area contributed by atoms with Gasteiger partial charge in [-0.05, 0) is 49.7 Å². The molecule has 4 rings (SSSR count). The molecule has 0 saturated carbocycles. The lowest BCUT2D eigenvalue weighted by molar-refractivity contribution is 0.168. The molecule has 1 aliphatic rings. The molecule has 0 spiro atoms. The summed E-state index contributed by atoms with van der Waals surface area (Å²) in [5.41, 5.74) is 2.45. The third-order valence-corrected chi connectivity index (χ3v) is 7.26. The molecule has 2 aromatic carbocycles. The summed E-state index contributed by atoms with van der Waals surface area (Å²) in [6.45, 7) is 6.14. The van der Waals surface area contributed by atoms with Crippen LogP contribution in [0.15, 0.2) is 51.8 Å². The highest BCUT2D eigenvalue weighted by atomic mass is 32.2. The van der Waals surface area contributed by atoms with Crippen LogP contribution in [0.4, 0.5) is 4.39 Å². The van der Waals surface area contributed by atoms with Gasteiger partial charge < -0.3 is 4.42 Å². The van der Waals surface area contributed by atoms with E-state index in [2.05, 4.69) is 15.1 Å². The van der Waals surface area contributed by atoms with Crippen molar-refractivity contribution >= 4 is 10.0 Å². The van der Waals surface area contributed by atoms with Gasteiger partial charge in [0.05, 0.1) is 11.4 Å². The molecule has 158 valence electrons. The summed E-state index contributed by atoms with van der Waals surface area (Å²) < 4.78 is 46.3. The molecule has 1 fully saturated rings. The van der Waals surface area contributed by atoms with Crippen LogP contribution in [0.5, 0.6) is 0 Å². The van der Waals surface area contributed by atoms with Gasteiger partial charge >= 0.3 is 0 Å². The molecule has 7 nitrogen and oxygen atoms in total. The highest BCUT2D eigenvalue weighted by Crippen LogP contribution is 2.23. The van der Waals surface area contributed by atoms with Crippen LogP contribution in [0, 0.1) is 19.7 Å². The van der Waals surface area contributed by atoms with Gasteiger partial charge in [0.15, 0.2) is 0 Å². The summed E-state index contributed by atoms with van der Waals surface area (Å²) in [4.78, 5) is 2.44. The minimum Gasteiger partial charge on any atom is -0.419 e. The fourth-order valence-corrected chi connectivity index (χ4v) is 5.20. The van der Waals surface area contributed by atoms with Gasteiger partial charge in [0.2, 0.25) is 21.8 Å². The fraction of sp³-hybridized carbons (Fsp3) is 0.333. The summed E-state index contributed by atoms with van der Waals surface area (Å²) in [5, 5.41) is 8.08. The fourth-order valence-electron chi connectivity index (χ4n) is 3.57. The highest BCUT2D eigenvalue weighted by Gasteiger charge is 2.30. The standard InChI is InChI=1S/C21H23FN4O3S/c1-15-3-8-19(16(2)13-15)30(27,28)26-11-9-25(10-12-26)14-20-23-24-21(29-20)17-4-6-18(22)7-5-17/h3-8,13H,9-12,14H2,1-2H3. The second-order valence-corrected chi connectivity index (χ2v) is 9.36. The lowest BCUT2D eigenvalue weighted by atomic mass is 10.2. The number of aryl methyl sites for hydroxylation is 2. The Morgan fingerprint density at radius 3 is 2.37 bits per heavy atom. The molecule has 2 heterocycles. The zero-order chi connectivity index (χ0) is 21.3. The Bertz CT molecular complexity index is 1140. The molecule has 1 aliphatic heterocycles. The van der Waals surface area contributed by atoms with Crippen molar-refractivity contribution in [1.82, 2.24) is 19.4 Å². The Balaban J connectivity index is 1.38. The molecular weight excluding hydrogens is 407 g/mol. The number of benzene rings is 2. The van der Waals surface area contributed by atoms with Crippen molar-refractivity contribution < 1.29 is 17.2 Å². The third-order valence-electron chi connectivity index (χ3n) is 5.20. The molecule has 1 saturated heterocycles. The SMILES string of the molecule is Cc1ccc(S(=O)(=O)N2CCN(Cc3nnc(-c4ccc(F)cc4)o3)CC2)c(C)c1. The first-order valence-electron chi connectivity index (χ1n) is 9.71. The van der Waals surface area contributed by atoms with Gasteiger partial charge in [-0.3, -0.25) is 4.90 Å². The maximum atomic E-state index is 13.1. The molecule has 0 amide bonds. The summed E-state index contributed by atoms with van der Waals surface area (Å²) in [5.74, 6) is 0.452. The molecule has 0 aliphatic carbocycles. The van der Waals surface area contributed by atoms with Gasteiger partial charge in [0.25, 0.3) is 0 Å². The minimum atomic E-state index is -3.52. The average Bonchev–Trinajstić information content (AvgIpc) is 3.17. The van der Waals surface area contributed by atoms with Crippen molar-refractivity contribution in [3.05, 3.63) is 65.3 Å². The van der Waals surface area contributed by atoms with E-state index in [9.17, 15) is 12.8 Å². The quantitative estimate of drug-likeness (QED) is 0.619. The van der Waals surface area contributed by atoms with Gasteiger partial charge in [-0.25, -0.2) is 12.8 Å². The van der Waals surface area contributed by atoms with E-state index in [1.165, 1.54) is 16.4 Å². The average molecular weight is 431 g/mol. The van der Waals surface area contributed by atoms with E-state index in [0.29, 0.717) is 55.0 Å². The maximum Gasteiger partial charge on any atom is 0.247 e. The zero-order valence-corrected chi connectivity index (χ0v) is 17.7. The van der Waals surface area contributed by atoms with Crippen molar-refractivity contribution in [2.75, 3.05) is 26.2 Å². The van der Waals surface area contributed by atoms with Crippen LogP contribution in [0.2, 0.25) is 0 Å². The Kier molecular flexibility index (Phi) is 5.68. The predicted molar refractivity (Wildman–Crippen MR) is 110 cm³/mol. The summed E-state index contributed by atoms with van der Waals surface area (Å²) in [6, 6.07) is 11.2. The molecule has 9 heteroatoms. The molecule has 0 radical (unpaired) electrons. The number of rotatable bonds is 5. The monoisotopic (exact) mass is 430 g/mol. The number of sulfonamides is 1. The largest absolute Gasteiger partial charge is 0.419 e. The smallest absolute Gasteiger partial charge is 0.247 e. The number of hydrogen-bond donors (Lipinski definition) is 0. The van der Waals surface area contributed by atoms with Gasteiger partial charge in [0.1, 0.15) is 5.82 Å². The first-order chi connectivity index (χ1) is 14.3. The number of nitrogens with zero attached hydrogens (tertiary/aromatic N) is 4. The maximum absolute atomic E-state index is 13.1. The van der Waals surface area contributed by atoms with Crippen LogP contribution in [0.1, 0.15) is 17.0 Å². The Morgan fingerprint density at radius 2 is 1.70 bits per heavy atom. The van der Waals surface area contributed by atoms with E-state index in [1.807, 2.05) is 26.0 Å². The predicted octanol–water partition coefficient (Wildman–Crippen LogP) is 3.00. The topological polar surface area (TPSA) is 79.5 Å². The molecule has 0 atom stereocenters. The number of halogens is 1. The van der Waals surface area contributed by atoms with Crippen molar-refractivity contribution in [2.24, 2.45) is 0 Å². The highest BCUT2D eigenvalue weighted by molar-refractivity contribution is 7.89. The van der Waals surface area contributed by atoms with Gasteiger partial charge in [-0.15, -0.1) is 10.2 Å². The van der Waals surface area contributed by atoms with Crippen molar-refractivity contribution in [1.29, 1.82) is 0 Å². The van der Waals surface area contributed by atoms with Gasteiger partial charge in [-0.1, -0.05) is 17.7 Å². The summed E-state index contributed by atoms with van der Waals surface area (Å²) >= 11 is 0. The number of hydrogen-bond acceptors (Lipinski definition) is 6. The lowest BCUT2D eigenvalue weighted by Gasteiger charge is -2.33. The van der Waals surface area contributed by atoms with Crippen LogP contribution in [-0.2, 0) is 16.6 Å². The van der Waals surface area contributed by atoms with E-state index in [-0.39, 0.29) is 5.82 Å². The second-order valence-electron chi connectivity index (χ2n) is 7.46. The second kappa shape index (κ2) is 8.25. The minimum absolute atomic E-state index is 0.327. The van der Waals surface area contributed by atoms with Crippen LogP contribution in [0.3, 0.4) is 0 Å². The summed E-state index contributed by atoms with van der Waals surface area (Å²) in [7, 11) is -3.52. The van der Waals surface area contributed by atoms with Crippen molar-refractivity contribution in [2.45, 2.75) is 25.3 Å². The molecule has 1 aromatic heterocycles. The van der Waals surface area contributed by atoms with E-state index in [0.717, 1.165) is 11.1 Å². The molecular formula is C21H23FN4O3S. The van der Waals surface area contributed by atoms with Crippen molar-refractivity contribution in [3.63, 3.8) is 0 Å². The molecule has 3 aromatic rings. The van der Waals surface area contributed by atoms with Crippen LogP contribution in [0.25, 0.3) is 11.5 Å². The Morgan fingerprint density at radius 1 is 1.00 bits per heavy atom. The number of aromatic nitrogens is 2. The van der Waals surface area contributed by atoms with Crippen LogP contribution >= 0.6 is 0 Å². The zero-order valence-electron chi connectivity index (χ0n) is 16.9.